The fourth-order valence-electron chi connectivity index (χ4n) is 0.558. The summed E-state index contributed by atoms with van der Waals surface area (Å²) in [6.45, 7) is 12.3. The molecule has 0 N–H and O–H groups in total. The first-order valence-corrected chi connectivity index (χ1v) is 9.74. The first-order chi connectivity index (χ1) is 8.88. The quantitative estimate of drug-likeness (QED) is 0.426. The molecule has 0 saturated carbocycles. The van der Waals surface area contributed by atoms with Crippen molar-refractivity contribution >= 4 is 11.6 Å². The molecule has 0 aromatic heterocycles. The van der Waals surface area contributed by atoms with Crippen LogP contribution in [0, 0.1) is 0 Å². The Morgan fingerprint density at radius 1 is 0.789 bits per heavy atom. The third-order valence-electron chi connectivity index (χ3n) is 1.32. The molecule has 114 valence electrons. The van der Waals surface area contributed by atoms with E-state index in [4.69, 9.17) is 5.71 Å². The summed E-state index contributed by atoms with van der Waals surface area (Å²) in [6.07, 6.45) is 4.81. The predicted molar refractivity (Wildman–Crippen MR) is 74.4 cm³/mol. The molecule has 0 unspecified atom stereocenters. The van der Waals surface area contributed by atoms with Gasteiger partial charge in [-0.15, -0.1) is 0 Å². The van der Waals surface area contributed by atoms with Gasteiger partial charge in [0.05, 0.1) is 0 Å². The van der Waals surface area contributed by atoms with Crippen LogP contribution in [0.15, 0.2) is 0 Å². The molecule has 0 atom stereocenters. The van der Waals surface area contributed by atoms with Gasteiger partial charge in [0.2, 0.25) is 0 Å². The molecule has 0 aliphatic heterocycles. The van der Waals surface area contributed by atoms with Gasteiger partial charge in [-0.2, -0.15) is 0 Å². The summed E-state index contributed by atoms with van der Waals surface area (Å²) in [6, 6.07) is 0. The van der Waals surface area contributed by atoms with Crippen LogP contribution in [0.4, 0.5) is 0 Å². The van der Waals surface area contributed by atoms with E-state index in [0.717, 1.165) is 13.2 Å². The zero-order valence-corrected chi connectivity index (χ0v) is 17.0. The average Bonchev–Trinajstić information content (AvgIpc) is 2.26. The molecule has 0 radical (unpaired) electrons. The second-order valence-corrected chi connectivity index (χ2v) is 6.98. The molecule has 0 spiro atoms. The second-order valence-electron chi connectivity index (χ2n) is 4.30. The monoisotopic (exact) mass is 442 g/mol. The Labute approximate surface area is 131 Å². The molecule has 0 aliphatic carbocycles. The Morgan fingerprint density at radius 2 is 1.05 bits per heavy atom. The minimum atomic E-state index is -1.07. The summed E-state index contributed by atoms with van der Waals surface area (Å²) in [4.78, 5) is 18.9. The molecule has 0 bridgehead atoms. The van der Waals surface area contributed by atoms with Crippen LogP contribution in [-0.4, -0.2) is 24.8 Å². The first-order valence-electron chi connectivity index (χ1n) is 6.81. The normalized spacial score (nSPS) is 8.53. The fourth-order valence-corrected chi connectivity index (χ4v) is 2.49. The van der Waals surface area contributed by atoms with Crippen molar-refractivity contribution in [2.45, 2.75) is 67.2 Å². The Hall–Kier alpha value is 0.130. The number of carbonyl (C=O) groups excluding carboxylic acids is 2. The van der Waals surface area contributed by atoms with Gasteiger partial charge in [-0.25, -0.2) is 0 Å². The van der Waals surface area contributed by atoms with Crippen LogP contribution in [0.1, 0.15) is 67.2 Å². The summed E-state index contributed by atoms with van der Waals surface area (Å²) >= 11 is -1.07. The van der Waals surface area contributed by atoms with Crippen molar-refractivity contribution < 1.29 is 39.1 Å². The minimum absolute atomic E-state index is 0.167. The van der Waals surface area contributed by atoms with Gasteiger partial charge in [0.1, 0.15) is 11.6 Å². The average molecular weight is 441 g/mol. The maximum atomic E-state index is 9.44. The third-order valence-corrected chi connectivity index (χ3v) is 3.63. The van der Waals surface area contributed by atoms with Gasteiger partial charge in [-0.05, 0) is 27.7 Å². The Morgan fingerprint density at radius 3 is 1.26 bits per heavy atom. The van der Waals surface area contributed by atoms with Crippen molar-refractivity contribution in [2.75, 3.05) is 13.2 Å². The van der Waals surface area contributed by atoms with E-state index in [1.807, 2.05) is 0 Å². The molecule has 5 heteroatoms. The zero-order valence-electron chi connectivity index (χ0n) is 13.4. The van der Waals surface area contributed by atoms with E-state index in [1.165, 1.54) is 53.4 Å². The van der Waals surface area contributed by atoms with Crippen molar-refractivity contribution in [3.8, 4) is 0 Å². The molecule has 4 nitrogen and oxygen atoms in total. The van der Waals surface area contributed by atoms with Crippen molar-refractivity contribution in [2.24, 2.45) is 0 Å². The van der Waals surface area contributed by atoms with Crippen molar-refractivity contribution in [3.63, 3.8) is 0 Å². The van der Waals surface area contributed by atoms with Crippen LogP contribution in [-0.2, 0) is 39.1 Å². The molecule has 0 amide bonds. The molecular weight excluding hydrogens is 411 g/mol. The van der Waals surface area contributed by atoms with Crippen molar-refractivity contribution in [3.05, 3.63) is 0 Å². The van der Waals surface area contributed by atoms with E-state index in [1.54, 1.807) is 0 Å². The molecule has 0 fully saturated rings. The van der Waals surface area contributed by atoms with Crippen LogP contribution in [0.3, 0.4) is 0 Å². The van der Waals surface area contributed by atoms with Gasteiger partial charge in [0, 0.05) is 0 Å². The topological polar surface area (TPSA) is 52.6 Å². The van der Waals surface area contributed by atoms with Crippen LogP contribution < -0.4 is 0 Å². The summed E-state index contributed by atoms with van der Waals surface area (Å²) < 4.78 is 10.8. The van der Waals surface area contributed by atoms with Crippen LogP contribution in [0.2, 0.25) is 0 Å². The van der Waals surface area contributed by atoms with Gasteiger partial charge in [-0.3, -0.25) is 0 Å². The molecule has 0 rings (SSSR count). The van der Waals surface area contributed by atoms with E-state index in [2.05, 4.69) is 13.8 Å². The fraction of sp³-hybridized carbons (Fsp3) is 0.857. The molecule has 19 heavy (non-hydrogen) atoms. The molecule has 0 aromatic rings. The number of hydrogen-bond acceptors (Lipinski definition) is 4. The van der Waals surface area contributed by atoms with Crippen LogP contribution in [0.5, 0.6) is 0 Å². The summed E-state index contributed by atoms with van der Waals surface area (Å²) in [5.74, 6) is 0.333. The molecule has 0 heterocycles. The van der Waals surface area contributed by atoms with Gasteiger partial charge >= 0.3 is 82.2 Å². The number of carbonyl (C=O) groups is 2. The summed E-state index contributed by atoms with van der Waals surface area (Å²) in [7, 11) is 0. The Balaban J connectivity index is -0.000000264. The number of ketones is 2. The molecule has 0 saturated heterocycles. The van der Waals surface area contributed by atoms with E-state index in [9.17, 15) is 9.59 Å². The van der Waals surface area contributed by atoms with E-state index < -0.39 is 23.8 Å². The SMILES string of the molecule is CC(C)=O.CC(C)=O.CCCC[O][Hf][O]CCCC. The second kappa shape index (κ2) is 23.2. The van der Waals surface area contributed by atoms with E-state index in [-0.39, 0.29) is 11.6 Å². The number of unbranched alkanes of at least 4 members (excludes halogenated alkanes) is 2. The van der Waals surface area contributed by atoms with Gasteiger partial charge < -0.3 is 9.59 Å². The van der Waals surface area contributed by atoms with Crippen molar-refractivity contribution in [1.29, 1.82) is 0 Å². The molecular formula is C14H30HfO4. The first kappa shape index (κ1) is 24.2. The van der Waals surface area contributed by atoms with Gasteiger partial charge in [0.15, 0.2) is 0 Å². The van der Waals surface area contributed by atoms with Crippen LogP contribution >= 0.6 is 0 Å². The number of Topliss-reactive ketones (excluding diaryl/α,β-unsaturated/α-hetero) is 2. The summed E-state index contributed by atoms with van der Waals surface area (Å²) in [5.41, 5.74) is 0. The van der Waals surface area contributed by atoms with Gasteiger partial charge in [0.25, 0.3) is 0 Å². The third kappa shape index (κ3) is 71.4. The maximum absolute atomic E-state index is 9.44. The van der Waals surface area contributed by atoms with Crippen molar-refractivity contribution in [1.82, 2.24) is 0 Å². The molecule has 0 aliphatic rings. The Kier molecular flexibility index (Phi) is 29.6. The summed E-state index contributed by atoms with van der Waals surface area (Å²) in [5, 5.41) is 0. The van der Waals surface area contributed by atoms with Gasteiger partial charge in [-0.1, -0.05) is 0 Å². The van der Waals surface area contributed by atoms with E-state index >= 15 is 0 Å². The molecule has 0 aromatic carbocycles. The number of hydrogen-bond donors (Lipinski definition) is 0. The Bertz CT molecular complexity index is 168. The predicted octanol–water partition coefficient (Wildman–Crippen LogP) is 3.72. The number of rotatable bonds is 8. The zero-order chi connectivity index (χ0) is 15.5. The standard InChI is InChI=1S/2C4H9O.2C3H6O.Hf/c2*1-2-3-4-5;2*1-3(2)4;/h2*2-4H2,1H3;2*1-2H3;/q2*-1;;;+2. The van der Waals surface area contributed by atoms with E-state index in [0.29, 0.717) is 0 Å². The van der Waals surface area contributed by atoms with Crippen LogP contribution in [0.25, 0.3) is 0 Å².